The Balaban J connectivity index is 1.68. The van der Waals surface area contributed by atoms with Crippen LogP contribution in [0.4, 0.5) is 5.69 Å². The molecule has 1 aliphatic rings. The minimum atomic E-state index is -0.106. The van der Waals surface area contributed by atoms with Crippen molar-refractivity contribution >= 4 is 23.0 Å². The molecule has 2 atom stereocenters. The molecular weight excluding hydrogens is 452 g/mol. The lowest BCUT2D eigenvalue weighted by molar-refractivity contribution is 0.414. The number of pyridine rings is 1. The molecular formula is C29H30N4OS. The number of ether oxygens (including phenoxy) is 1. The van der Waals surface area contributed by atoms with Gasteiger partial charge in [0.2, 0.25) is 0 Å². The van der Waals surface area contributed by atoms with E-state index in [1.165, 1.54) is 22.5 Å². The van der Waals surface area contributed by atoms with Gasteiger partial charge in [-0.3, -0.25) is 4.98 Å². The first kappa shape index (κ1) is 23.1. The van der Waals surface area contributed by atoms with Crippen molar-refractivity contribution in [3.8, 4) is 11.4 Å². The van der Waals surface area contributed by atoms with Crippen LogP contribution in [0.15, 0.2) is 79.0 Å². The number of rotatable bonds is 6. The third-order valence-electron chi connectivity index (χ3n) is 6.83. The van der Waals surface area contributed by atoms with Crippen LogP contribution in [-0.4, -0.2) is 21.8 Å². The number of para-hydroxylation sites is 2. The lowest BCUT2D eigenvalue weighted by atomic mass is 9.96. The van der Waals surface area contributed by atoms with E-state index in [9.17, 15) is 0 Å². The molecule has 0 spiro atoms. The minimum absolute atomic E-state index is 0.0939. The summed E-state index contributed by atoms with van der Waals surface area (Å²) in [7, 11) is 1.70. The van der Waals surface area contributed by atoms with Crippen LogP contribution in [0.2, 0.25) is 0 Å². The largest absolute Gasteiger partial charge is 0.495 e. The summed E-state index contributed by atoms with van der Waals surface area (Å²) in [5.41, 5.74) is 7.95. The Morgan fingerprint density at radius 1 is 1.00 bits per heavy atom. The fourth-order valence-corrected chi connectivity index (χ4v) is 5.46. The Bertz CT molecular complexity index is 1350. The second-order valence-electron chi connectivity index (χ2n) is 8.85. The zero-order chi connectivity index (χ0) is 24.5. The Morgan fingerprint density at radius 3 is 2.43 bits per heavy atom. The molecule has 2 aromatic carbocycles. The Morgan fingerprint density at radius 2 is 1.74 bits per heavy atom. The van der Waals surface area contributed by atoms with Crippen LogP contribution in [0.1, 0.15) is 47.2 Å². The van der Waals surface area contributed by atoms with Crippen LogP contribution in [-0.2, 0) is 6.42 Å². The van der Waals surface area contributed by atoms with Crippen molar-refractivity contribution in [1.29, 1.82) is 0 Å². The molecule has 1 N–H and O–H groups in total. The second kappa shape index (κ2) is 9.55. The fraction of sp³-hybridized carbons (Fsp3) is 0.241. The van der Waals surface area contributed by atoms with E-state index in [2.05, 4.69) is 78.0 Å². The van der Waals surface area contributed by atoms with Crippen LogP contribution < -0.4 is 15.0 Å². The normalized spacial score (nSPS) is 17.5. The quantitative estimate of drug-likeness (QED) is 0.330. The molecule has 1 saturated heterocycles. The molecule has 5 nitrogen and oxygen atoms in total. The number of methoxy groups -OCH3 is 1. The van der Waals surface area contributed by atoms with Crippen LogP contribution in [0.5, 0.6) is 5.75 Å². The molecule has 178 valence electrons. The summed E-state index contributed by atoms with van der Waals surface area (Å²) in [6.45, 7) is 6.53. The fourth-order valence-electron chi connectivity index (χ4n) is 5.12. The van der Waals surface area contributed by atoms with Gasteiger partial charge in [0.25, 0.3) is 0 Å². The van der Waals surface area contributed by atoms with Gasteiger partial charge in [0.1, 0.15) is 5.75 Å². The molecule has 0 amide bonds. The zero-order valence-corrected chi connectivity index (χ0v) is 21.3. The van der Waals surface area contributed by atoms with E-state index in [1.54, 1.807) is 7.11 Å². The van der Waals surface area contributed by atoms with Crippen molar-refractivity contribution < 1.29 is 4.74 Å². The molecule has 6 heteroatoms. The van der Waals surface area contributed by atoms with Gasteiger partial charge in [-0.2, -0.15) is 0 Å². The number of aryl methyl sites for hydroxylation is 2. The SMILES string of the molecule is CCc1ccc(-n2c(C)cc([C@@H]3[C@@H](c4ccccn4)NC(=S)N3c3ccccc3OC)c2C)cc1. The molecule has 0 saturated carbocycles. The summed E-state index contributed by atoms with van der Waals surface area (Å²) < 4.78 is 8.06. The van der Waals surface area contributed by atoms with Crippen LogP contribution in [0, 0.1) is 13.8 Å². The molecule has 0 aliphatic carbocycles. The van der Waals surface area contributed by atoms with Gasteiger partial charge in [0.15, 0.2) is 5.11 Å². The number of thiocarbonyl (C=S) groups is 1. The average molecular weight is 483 g/mol. The Kier molecular flexibility index (Phi) is 6.31. The van der Waals surface area contributed by atoms with Crippen LogP contribution >= 0.6 is 12.2 Å². The van der Waals surface area contributed by atoms with Gasteiger partial charge in [-0.1, -0.05) is 37.3 Å². The summed E-state index contributed by atoms with van der Waals surface area (Å²) in [6.07, 6.45) is 2.86. The van der Waals surface area contributed by atoms with Crippen molar-refractivity contribution in [2.75, 3.05) is 12.0 Å². The summed E-state index contributed by atoms with van der Waals surface area (Å²) in [5, 5.41) is 4.22. The molecule has 2 aromatic heterocycles. The van der Waals surface area contributed by atoms with Crippen molar-refractivity contribution in [2.24, 2.45) is 0 Å². The first-order valence-electron chi connectivity index (χ1n) is 11.9. The van der Waals surface area contributed by atoms with Crippen molar-refractivity contribution in [2.45, 2.75) is 39.3 Å². The molecule has 35 heavy (non-hydrogen) atoms. The topological polar surface area (TPSA) is 42.3 Å². The number of anilines is 1. The first-order valence-corrected chi connectivity index (χ1v) is 12.4. The van der Waals surface area contributed by atoms with Gasteiger partial charge in [-0.25, -0.2) is 0 Å². The molecule has 3 heterocycles. The molecule has 0 unspecified atom stereocenters. The molecule has 4 aromatic rings. The maximum Gasteiger partial charge on any atom is 0.174 e. The maximum atomic E-state index is 5.91. The molecule has 1 fully saturated rings. The van der Waals surface area contributed by atoms with E-state index in [0.717, 1.165) is 29.2 Å². The smallest absolute Gasteiger partial charge is 0.174 e. The van der Waals surface area contributed by atoms with Crippen molar-refractivity contribution in [3.63, 3.8) is 0 Å². The van der Waals surface area contributed by atoms with Gasteiger partial charge in [-0.15, -0.1) is 0 Å². The summed E-state index contributed by atoms with van der Waals surface area (Å²) in [5.74, 6) is 0.785. The van der Waals surface area contributed by atoms with Gasteiger partial charge in [-0.05, 0) is 86.1 Å². The van der Waals surface area contributed by atoms with E-state index in [4.69, 9.17) is 21.9 Å². The number of nitrogens with one attached hydrogen (secondary N) is 1. The highest BCUT2D eigenvalue weighted by atomic mass is 32.1. The van der Waals surface area contributed by atoms with Gasteiger partial charge in [0.05, 0.1) is 30.6 Å². The summed E-state index contributed by atoms with van der Waals surface area (Å²) >= 11 is 5.91. The van der Waals surface area contributed by atoms with Gasteiger partial charge < -0.3 is 19.5 Å². The van der Waals surface area contributed by atoms with Crippen LogP contribution in [0.25, 0.3) is 5.69 Å². The lowest BCUT2D eigenvalue weighted by Gasteiger charge is -2.29. The summed E-state index contributed by atoms with van der Waals surface area (Å²) in [6, 6.07) is 24.9. The highest BCUT2D eigenvalue weighted by molar-refractivity contribution is 7.80. The number of hydrogen-bond donors (Lipinski definition) is 1. The van der Waals surface area contributed by atoms with E-state index in [1.807, 2.05) is 36.5 Å². The number of benzene rings is 2. The Labute approximate surface area is 212 Å². The highest BCUT2D eigenvalue weighted by Gasteiger charge is 2.43. The molecule has 5 rings (SSSR count). The standard InChI is InChI=1S/C29H30N4OS/c1-5-21-13-15-22(16-14-21)32-19(2)18-23(20(32)3)28-27(24-10-8-9-17-30-24)31-29(35)33(28)25-11-6-7-12-26(25)34-4/h6-18,27-28H,5H2,1-4H3,(H,31,35)/t27-,28-/m1/s1. The molecule has 0 radical (unpaired) electrons. The highest BCUT2D eigenvalue weighted by Crippen LogP contribution is 2.46. The van der Waals surface area contributed by atoms with Crippen molar-refractivity contribution in [1.82, 2.24) is 14.9 Å². The predicted molar refractivity (Wildman–Crippen MR) is 146 cm³/mol. The zero-order valence-electron chi connectivity index (χ0n) is 20.5. The van der Waals surface area contributed by atoms with Crippen LogP contribution in [0.3, 0.4) is 0 Å². The third kappa shape index (κ3) is 4.08. The summed E-state index contributed by atoms with van der Waals surface area (Å²) in [4.78, 5) is 6.87. The van der Waals surface area contributed by atoms with E-state index < -0.39 is 0 Å². The van der Waals surface area contributed by atoms with Crippen molar-refractivity contribution in [3.05, 3.63) is 107 Å². The van der Waals surface area contributed by atoms with E-state index >= 15 is 0 Å². The Hall–Kier alpha value is -3.64. The second-order valence-corrected chi connectivity index (χ2v) is 9.24. The maximum absolute atomic E-state index is 5.91. The third-order valence-corrected chi connectivity index (χ3v) is 7.15. The lowest BCUT2D eigenvalue weighted by Crippen LogP contribution is -2.30. The van der Waals surface area contributed by atoms with Gasteiger partial charge in [0, 0.05) is 23.3 Å². The number of aromatic nitrogens is 2. The number of nitrogens with zero attached hydrogens (tertiary/aromatic N) is 3. The minimum Gasteiger partial charge on any atom is -0.495 e. The van der Waals surface area contributed by atoms with E-state index in [-0.39, 0.29) is 12.1 Å². The molecule has 1 aliphatic heterocycles. The average Bonchev–Trinajstić information content (AvgIpc) is 3.39. The van der Waals surface area contributed by atoms with Gasteiger partial charge >= 0.3 is 0 Å². The molecule has 0 bridgehead atoms. The first-order chi connectivity index (χ1) is 17.0. The predicted octanol–water partition coefficient (Wildman–Crippen LogP) is 6.24. The number of hydrogen-bond acceptors (Lipinski definition) is 3. The van der Waals surface area contributed by atoms with E-state index in [0.29, 0.717) is 5.11 Å². The monoisotopic (exact) mass is 482 g/mol.